The molecule has 1 aliphatic rings. The Labute approximate surface area is 231 Å². The van der Waals surface area contributed by atoms with E-state index < -0.39 is 53.8 Å². The highest BCUT2D eigenvalue weighted by atomic mass is 19.4. The molecule has 2 heterocycles. The lowest BCUT2D eigenvalue weighted by Crippen LogP contribution is -2.51. The Hall–Kier alpha value is -4.43. The number of methoxy groups -OCH3 is 1. The number of alkyl halides is 3. The first kappa shape index (κ1) is 29.6. The van der Waals surface area contributed by atoms with Crippen LogP contribution in [0, 0.1) is 5.82 Å². The Kier molecular flexibility index (Phi) is 7.83. The molecule has 0 saturated carbocycles. The summed E-state index contributed by atoms with van der Waals surface area (Å²) >= 11 is 0. The molecule has 7 N–H and O–H groups in total. The predicted octanol–water partition coefficient (Wildman–Crippen LogP) is 2.54. The van der Waals surface area contributed by atoms with E-state index in [9.17, 15) is 32.3 Å². The second-order valence-electron chi connectivity index (χ2n) is 9.72. The molecule has 0 aliphatic carbocycles. The van der Waals surface area contributed by atoms with Crippen molar-refractivity contribution >= 4 is 17.5 Å². The Morgan fingerprint density at radius 2 is 1.83 bits per heavy atom. The van der Waals surface area contributed by atoms with Gasteiger partial charge in [0.25, 0.3) is 11.8 Å². The van der Waals surface area contributed by atoms with E-state index in [1.165, 1.54) is 37.4 Å². The van der Waals surface area contributed by atoms with Crippen LogP contribution in [0.25, 0.3) is 11.3 Å². The van der Waals surface area contributed by atoms with Crippen molar-refractivity contribution in [1.82, 2.24) is 10.3 Å². The second kappa shape index (κ2) is 10.9. The molecule has 0 saturated heterocycles. The maximum absolute atomic E-state index is 14.5. The van der Waals surface area contributed by atoms with Crippen molar-refractivity contribution in [1.29, 1.82) is 0 Å². The minimum atomic E-state index is -5.29. The van der Waals surface area contributed by atoms with Crippen molar-refractivity contribution in [2.75, 3.05) is 32.1 Å². The minimum absolute atomic E-state index is 0.0175. The number of rotatable bonds is 9. The summed E-state index contributed by atoms with van der Waals surface area (Å²) in [6.07, 6.45) is -5.29. The van der Waals surface area contributed by atoms with Gasteiger partial charge in [-0.25, -0.2) is 9.37 Å². The molecule has 0 spiro atoms. The third-order valence-corrected chi connectivity index (χ3v) is 6.58. The summed E-state index contributed by atoms with van der Waals surface area (Å²) in [5.74, 6) is -2.20. The monoisotopic (exact) mass is 577 g/mol. The number of hydrogen-bond donors (Lipinski definition) is 5. The number of carbonyl (C=O) groups is 2. The van der Waals surface area contributed by atoms with Gasteiger partial charge in [-0.1, -0.05) is 0 Å². The fourth-order valence-electron chi connectivity index (χ4n) is 4.29. The quantitative estimate of drug-likeness (QED) is 0.243. The second-order valence-corrected chi connectivity index (χ2v) is 9.72. The van der Waals surface area contributed by atoms with Crippen LogP contribution < -0.4 is 31.6 Å². The number of aliphatic hydroxyl groups is 1. The molecular weight excluding hydrogens is 550 g/mol. The summed E-state index contributed by atoms with van der Waals surface area (Å²) in [6, 6.07) is 9.68. The lowest BCUT2D eigenvalue weighted by Gasteiger charge is -2.31. The Balaban J connectivity index is 1.70. The van der Waals surface area contributed by atoms with Crippen LogP contribution in [0.15, 0.2) is 48.5 Å². The number of amides is 2. The molecule has 4 rings (SSSR count). The molecule has 0 bridgehead atoms. The van der Waals surface area contributed by atoms with Crippen LogP contribution >= 0.6 is 0 Å². The number of fused-ring (bicyclic) bond motifs is 1. The number of primary amides is 1. The zero-order chi connectivity index (χ0) is 30.2. The highest BCUT2D eigenvalue weighted by molar-refractivity contribution is 5.95. The number of carbonyl (C=O) groups excluding carboxylic acids is 2. The van der Waals surface area contributed by atoms with E-state index in [2.05, 4.69) is 15.6 Å². The van der Waals surface area contributed by atoms with Crippen molar-refractivity contribution < 1.29 is 41.7 Å². The van der Waals surface area contributed by atoms with Gasteiger partial charge in [0.1, 0.15) is 5.82 Å². The van der Waals surface area contributed by atoms with E-state index in [0.717, 1.165) is 18.2 Å². The lowest BCUT2D eigenvalue weighted by atomic mass is 9.89. The van der Waals surface area contributed by atoms with Gasteiger partial charge in [0.05, 0.1) is 36.3 Å². The smallest absolute Gasteiger partial charge is 0.424 e. The summed E-state index contributed by atoms with van der Waals surface area (Å²) in [5.41, 5.74) is 6.61. The first-order valence-electron chi connectivity index (χ1n) is 12.2. The molecule has 2 aromatic carbocycles. The summed E-state index contributed by atoms with van der Waals surface area (Å²) in [6.45, 7) is -0.000985. The molecule has 1 aromatic heterocycles. The number of anilines is 1. The normalized spacial score (nSPS) is 17.7. The number of aromatic nitrogens is 1. The third-order valence-electron chi connectivity index (χ3n) is 6.58. The molecule has 10 nitrogen and oxygen atoms in total. The Morgan fingerprint density at radius 1 is 1.15 bits per heavy atom. The first-order chi connectivity index (χ1) is 19.2. The van der Waals surface area contributed by atoms with Gasteiger partial charge in [-0.15, -0.1) is 0 Å². The van der Waals surface area contributed by atoms with E-state index in [1.807, 2.05) is 0 Å². The molecule has 2 amide bonds. The van der Waals surface area contributed by atoms with Crippen LogP contribution in [-0.4, -0.2) is 54.9 Å². The van der Waals surface area contributed by atoms with Crippen LogP contribution in [0.3, 0.4) is 0 Å². The van der Waals surface area contributed by atoms with Crippen LogP contribution in [0.5, 0.6) is 11.5 Å². The van der Waals surface area contributed by atoms with Gasteiger partial charge in [-0.05, 0) is 55.5 Å². The highest BCUT2D eigenvalue weighted by Crippen LogP contribution is 2.45. The SMILES string of the molecule is COc1cc(C(=O)NCC(O)(c2cc3c(c(-c4ccc(F)cc4)n2)NCC3(C)N)C(F)(F)F)ccc1OCC(N)=O. The highest BCUT2D eigenvalue weighted by Gasteiger charge is 2.57. The topological polar surface area (TPSA) is 162 Å². The van der Waals surface area contributed by atoms with Crippen molar-refractivity contribution in [2.24, 2.45) is 11.5 Å². The summed E-state index contributed by atoms with van der Waals surface area (Å²) in [4.78, 5) is 28.0. The maximum atomic E-state index is 14.5. The zero-order valence-electron chi connectivity index (χ0n) is 21.9. The number of hydrogen-bond acceptors (Lipinski definition) is 8. The van der Waals surface area contributed by atoms with Gasteiger partial charge in [-0.3, -0.25) is 9.59 Å². The van der Waals surface area contributed by atoms with Gasteiger partial charge < -0.3 is 36.7 Å². The lowest BCUT2D eigenvalue weighted by molar-refractivity contribution is -0.265. The molecule has 0 fully saturated rings. The molecule has 218 valence electrons. The molecular formula is C27H27F4N5O5. The molecule has 2 atom stereocenters. The largest absolute Gasteiger partial charge is 0.493 e. The van der Waals surface area contributed by atoms with Crippen LogP contribution in [0.1, 0.15) is 28.5 Å². The number of halogens is 4. The average Bonchev–Trinajstić information content (AvgIpc) is 3.23. The summed E-state index contributed by atoms with van der Waals surface area (Å²) in [7, 11) is 1.26. The molecule has 0 radical (unpaired) electrons. The van der Waals surface area contributed by atoms with E-state index >= 15 is 0 Å². The van der Waals surface area contributed by atoms with Crippen LogP contribution in [-0.2, 0) is 15.9 Å². The zero-order valence-corrected chi connectivity index (χ0v) is 21.9. The van der Waals surface area contributed by atoms with Gasteiger partial charge >= 0.3 is 6.18 Å². The number of benzene rings is 2. The van der Waals surface area contributed by atoms with E-state index in [4.69, 9.17) is 20.9 Å². The standard InChI is InChI=1S/C27H27F4N5O5/c1-25(33)12-34-23-17(25)10-20(36-22(23)14-3-6-16(28)7-4-14)26(39,27(29,30)31)13-35-24(38)15-5-8-18(19(9-15)40-2)41-11-21(32)37/h3-10,34,39H,11-13,33H2,1-2H3,(H2,32,37)(H,35,38). The first-order valence-corrected chi connectivity index (χ1v) is 12.2. The van der Waals surface area contributed by atoms with Gasteiger partial charge in [0.15, 0.2) is 18.1 Å². The Morgan fingerprint density at radius 3 is 2.44 bits per heavy atom. The molecule has 41 heavy (non-hydrogen) atoms. The predicted molar refractivity (Wildman–Crippen MR) is 140 cm³/mol. The van der Waals surface area contributed by atoms with Gasteiger partial charge in [0.2, 0.25) is 5.60 Å². The van der Waals surface area contributed by atoms with Gasteiger partial charge in [-0.2, -0.15) is 13.2 Å². The van der Waals surface area contributed by atoms with E-state index in [-0.39, 0.29) is 40.4 Å². The Bertz CT molecular complexity index is 1480. The third kappa shape index (κ3) is 5.88. The number of ether oxygens (including phenoxy) is 2. The molecule has 14 heteroatoms. The van der Waals surface area contributed by atoms with Crippen molar-refractivity contribution in [3.63, 3.8) is 0 Å². The number of nitrogens with two attached hydrogens (primary N) is 2. The minimum Gasteiger partial charge on any atom is -0.493 e. The maximum Gasteiger partial charge on any atom is 0.424 e. The number of nitrogens with zero attached hydrogens (tertiary/aromatic N) is 1. The van der Waals surface area contributed by atoms with Gasteiger partial charge in [0, 0.05) is 23.2 Å². The van der Waals surface area contributed by atoms with E-state index in [0.29, 0.717) is 5.69 Å². The number of nitrogens with one attached hydrogen (secondary N) is 2. The molecule has 1 aliphatic heterocycles. The molecule has 3 aromatic rings. The average molecular weight is 578 g/mol. The van der Waals surface area contributed by atoms with Crippen LogP contribution in [0.2, 0.25) is 0 Å². The molecule has 2 unspecified atom stereocenters. The van der Waals surface area contributed by atoms with Crippen molar-refractivity contribution in [2.45, 2.75) is 24.2 Å². The van der Waals surface area contributed by atoms with Crippen LogP contribution in [0.4, 0.5) is 23.2 Å². The fourth-order valence-corrected chi connectivity index (χ4v) is 4.29. The summed E-state index contributed by atoms with van der Waals surface area (Å²) in [5, 5.41) is 16.2. The van der Waals surface area contributed by atoms with Crippen molar-refractivity contribution in [3.05, 3.63) is 71.2 Å². The summed E-state index contributed by atoms with van der Waals surface area (Å²) < 4.78 is 67.3. The fraction of sp³-hybridized carbons (Fsp3) is 0.296. The van der Waals surface area contributed by atoms with Crippen molar-refractivity contribution in [3.8, 4) is 22.8 Å². The number of pyridine rings is 1. The van der Waals surface area contributed by atoms with E-state index in [1.54, 1.807) is 6.92 Å².